The molecule has 1 heterocycles. The van der Waals surface area contributed by atoms with Crippen LogP contribution in [-0.2, 0) is 6.54 Å². The summed E-state index contributed by atoms with van der Waals surface area (Å²) in [6.07, 6.45) is 0. The van der Waals surface area contributed by atoms with E-state index >= 15 is 0 Å². The summed E-state index contributed by atoms with van der Waals surface area (Å²) >= 11 is 1.85. The van der Waals surface area contributed by atoms with Crippen molar-refractivity contribution in [2.75, 3.05) is 12.4 Å². The van der Waals surface area contributed by atoms with Gasteiger partial charge in [-0.25, -0.2) is 0 Å². The number of benzene rings is 1. The minimum atomic E-state index is 0.877. The third-order valence-corrected chi connectivity index (χ3v) is 3.72. The lowest BCUT2D eigenvalue weighted by molar-refractivity contribution is 0.415. The first-order valence-electron chi connectivity index (χ1n) is 5.63. The highest BCUT2D eigenvalue weighted by Gasteiger charge is 2.02. The molecule has 3 heteroatoms. The molecule has 0 aliphatic rings. The van der Waals surface area contributed by atoms with Crippen molar-refractivity contribution in [1.29, 1.82) is 0 Å². The van der Waals surface area contributed by atoms with Crippen LogP contribution in [0.3, 0.4) is 0 Å². The zero-order chi connectivity index (χ0) is 12.3. The van der Waals surface area contributed by atoms with Crippen LogP contribution in [0.1, 0.15) is 15.3 Å². The number of nitrogens with one attached hydrogen (secondary N) is 1. The number of rotatable bonds is 4. The second kappa shape index (κ2) is 5.23. The van der Waals surface area contributed by atoms with E-state index in [1.165, 1.54) is 15.3 Å². The third-order valence-electron chi connectivity index (χ3n) is 2.72. The van der Waals surface area contributed by atoms with Crippen molar-refractivity contribution >= 4 is 17.0 Å². The van der Waals surface area contributed by atoms with E-state index in [0.29, 0.717) is 0 Å². The molecule has 0 spiro atoms. The van der Waals surface area contributed by atoms with Gasteiger partial charge >= 0.3 is 0 Å². The summed E-state index contributed by atoms with van der Waals surface area (Å²) in [5, 5.41) is 3.42. The number of ether oxygens (including phenoxy) is 1. The van der Waals surface area contributed by atoms with Crippen molar-refractivity contribution < 1.29 is 4.74 Å². The maximum absolute atomic E-state index is 5.13. The number of thiophene rings is 1. The van der Waals surface area contributed by atoms with Crippen LogP contribution in [0.5, 0.6) is 5.75 Å². The quantitative estimate of drug-likeness (QED) is 0.882. The normalized spacial score (nSPS) is 10.3. The first kappa shape index (κ1) is 12.0. The van der Waals surface area contributed by atoms with Crippen molar-refractivity contribution in [3.05, 3.63) is 45.6 Å². The lowest BCUT2D eigenvalue weighted by Gasteiger charge is -2.07. The van der Waals surface area contributed by atoms with Crippen molar-refractivity contribution in [3.8, 4) is 5.75 Å². The Kier molecular flexibility index (Phi) is 3.69. The van der Waals surface area contributed by atoms with E-state index in [0.717, 1.165) is 18.0 Å². The topological polar surface area (TPSA) is 21.3 Å². The Bertz CT molecular complexity index is 487. The van der Waals surface area contributed by atoms with Crippen LogP contribution < -0.4 is 10.1 Å². The molecule has 0 unspecified atom stereocenters. The molecule has 0 radical (unpaired) electrons. The summed E-state index contributed by atoms with van der Waals surface area (Å²) in [5.74, 6) is 0.887. The predicted octanol–water partition coefficient (Wildman–Crippen LogP) is 3.99. The van der Waals surface area contributed by atoms with Crippen molar-refractivity contribution in [2.24, 2.45) is 0 Å². The maximum Gasteiger partial charge on any atom is 0.119 e. The van der Waals surface area contributed by atoms with Crippen molar-refractivity contribution in [2.45, 2.75) is 20.4 Å². The summed E-state index contributed by atoms with van der Waals surface area (Å²) in [6.45, 7) is 5.19. The first-order chi connectivity index (χ1) is 8.19. The molecule has 0 bridgehead atoms. The highest BCUT2D eigenvalue weighted by atomic mass is 32.1. The first-order valence-corrected chi connectivity index (χ1v) is 6.44. The van der Waals surface area contributed by atoms with E-state index in [1.807, 2.05) is 35.6 Å². The van der Waals surface area contributed by atoms with Crippen LogP contribution in [-0.4, -0.2) is 7.11 Å². The Morgan fingerprint density at radius 1 is 1.18 bits per heavy atom. The fraction of sp³-hybridized carbons (Fsp3) is 0.286. The molecular weight excluding hydrogens is 230 g/mol. The molecular formula is C14H17NOS. The third kappa shape index (κ3) is 3.01. The Morgan fingerprint density at radius 2 is 1.88 bits per heavy atom. The molecule has 2 nitrogen and oxygen atoms in total. The van der Waals surface area contributed by atoms with E-state index < -0.39 is 0 Å². The van der Waals surface area contributed by atoms with Crippen LogP contribution in [0.25, 0.3) is 0 Å². The maximum atomic E-state index is 5.13. The second-order valence-electron chi connectivity index (χ2n) is 4.02. The van der Waals surface area contributed by atoms with Gasteiger partial charge in [0.2, 0.25) is 0 Å². The van der Waals surface area contributed by atoms with Gasteiger partial charge in [0.15, 0.2) is 0 Å². The molecule has 17 heavy (non-hydrogen) atoms. The largest absolute Gasteiger partial charge is 0.497 e. The van der Waals surface area contributed by atoms with Crippen molar-refractivity contribution in [1.82, 2.24) is 0 Å². The van der Waals surface area contributed by atoms with Gasteiger partial charge < -0.3 is 10.1 Å². The van der Waals surface area contributed by atoms with E-state index in [4.69, 9.17) is 4.74 Å². The Balaban J connectivity index is 1.99. The lowest BCUT2D eigenvalue weighted by Crippen LogP contribution is -1.99. The molecule has 1 aromatic heterocycles. The van der Waals surface area contributed by atoms with E-state index in [1.54, 1.807) is 7.11 Å². The molecule has 0 amide bonds. The Labute approximate surface area is 106 Å². The molecule has 2 aromatic rings. The summed E-state index contributed by atoms with van der Waals surface area (Å²) in [6, 6.07) is 10.2. The molecule has 90 valence electrons. The standard InChI is InChI=1S/C14H17NOS/c1-10-8-12(11(2)17-10)9-15-13-4-6-14(16-3)7-5-13/h4-8,15H,9H2,1-3H3. The molecule has 0 fully saturated rings. The van der Waals surface area contributed by atoms with Crippen LogP contribution in [0.2, 0.25) is 0 Å². The van der Waals surface area contributed by atoms with Gasteiger partial charge in [-0.1, -0.05) is 0 Å². The zero-order valence-electron chi connectivity index (χ0n) is 10.4. The van der Waals surface area contributed by atoms with Gasteiger partial charge in [0.1, 0.15) is 5.75 Å². The number of anilines is 1. The minimum absolute atomic E-state index is 0.877. The second-order valence-corrected chi connectivity index (χ2v) is 5.48. The Hall–Kier alpha value is -1.48. The van der Waals surface area contributed by atoms with Gasteiger partial charge in [-0.05, 0) is 49.7 Å². The summed E-state index contributed by atoms with van der Waals surface area (Å²) in [7, 11) is 1.68. The van der Waals surface area contributed by atoms with E-state index in [2.05, 4.69) is 25.2 Å². The van der Waals surface area contributed by atoms with E-state index in [9.17, 15) is 0 Å². The predicted molar refractivity (Wildman–Crippen MR) is 74.1 cm³/mol. The van der Waals surface area contributed by atoms with Gasteiger partial charge in [0.05, 0.1) is 7.11 Å². The molecule has 0 aliphatic carbocycles. The molecule has 2 rings (SSSR count). The van der Waals surface area contributed by atoms with Gasteiger partial charge in [0, 0.05) is 22.0 Å². The summed E-state index contributed by atoms with van der Waals surface area (Å²) in [5.41, 5.74) is 2.50. The SMILES string of the molecule is COc1ccc(NCc2cc(C)sc2C)cc1. The monoisotopic (exact) mass is 247 g/mol. The molecule has 0 aliphatic heterocycles. The van der Waals surface area contributed by atoms with Crippen LogP contribution in [0, 0.1) is 13.8 Å². The number of methoxy groups -OCH3 is 1. The Morgan fingerprint density at radius 3 is 2.41 bits per heavy atom. The minimum Gasteiger partial charge on any atom is -0.497 e. The molecule has 1 aromatic carbocycles. The summed E-state index contributed by atoms with van der Waals surface area (Å²) in [4.78, 5) is 2.76. The fourth-order valence-corrected chi connectivity index (χ4v) is 2.71. The van der Waals surface area contributed by atoms with E-state index in [-0.39, 0.29) is 0 Å². The van der Waals surface area contributed by atoms with Gasteiger partial charge in [0.25, 0.3) is 0 Å². The molecule has 0 saturated carbocycles. The molecule has 0 atom stereocenters. The van der Waals surface area contributed by atoms with Crippen LogP contribution in [0.15, 0.2) is 30.3 Å². The number of aryl methyl sites for hydroxylation is 2. The van der Waals surface area contributed by atoms with Gasteiger partial charge in [-0.15, -0.1) is 11.3 Å². The zero-order valence-corrected chi connectivity index (χ0v) is 11.2. The highest BCUT2D eigenvalue weighted by Crippen LogP contribution is 2.22. The van der Waals surface area contributed by atoms with Crippen LogP contribution in [0.4, 0.5) is 5.69 Å². The molecule has 1 N–H and O–H groups in total. The number of hydrogen-bond donors (Lipinski definition) is 1. The summed E-state index contributed by atoms with van der Waals surface area (Å²) < 4.78 is 5.13. The smallest absolute Gasteiger partial charge is 0.119 e. The average Bonchev–Trinajstić information content (AvgIpc) is 2.66. The van der Waals surface area contributed by atoms with Crippen LogP contribution >= 0.6 is 11.3 Å². The highest BCUT2D eigenvalue weighted by molar-refractivity contribution is 7.12. The average molecular weight is 247 g/mol. The van der Waals surface area contributed by atoms with Gasteiger partial charge in [-0.2, -0.15) is 0 Å². The number of hydrogen-bond acceptors (Lipinski definition) is 3. The van der Waals surface area contributed by atoms with Crippen molar-refractivity contribution in [3.63, 3.8) is 0 Å². The lowest BCUT2D eigenvalue weighted by atomic mass is 10.2. The van der Waals surface area contributed by atoms with Gasteiger partial charge in [-0.3, -0.25) is 0 Å². The fourth-order valence-electron chi connectivity index (χ4n) is 1.77. The molecule has 0 saturated heterocycles.